The summed E-state index contributed by atoms with van der Waals surface area (Å²) in [6.45, 7) is 2.21. The zero-order valence-corrected chi connectivity index (χ0v) is 12.4. The molecule has 98 valence electrons. The van der Waals surface area contributed by atoms with Gasteiger partial charge in [-0.15, -0.1) is 0 Å². The lowest BCUT2D eigenvalue weighted by molar-refractivity contribution is 0.161. The molecule has 0 spiro atoms. The number of halogens is 1. The summed E-state index contributed by atoms with van der Waals surface area (Å²) >= 11 is 3.71. The molecule has 0 unspecified atom stereocenters. The van der Waals surface area contributed by atoms with Crippen molar-refractivity contribution >= 4 is 28.5 Å². The lowest BCUT2D eigenvalue weighted by Crippen LogP contribution is -2.48. The highest BCUT2D eigenvalue weighted by Crippen LogP contribution is 2.23. The smallest absolute Gasteiger partial charge is 0.423 e. The topological polar surface area (TPSA) is 29.5 Å². The van der Waals surface area contributed by atoms with Crippen LogP contribution in [0.4, 0.5) is 0 Å². The molecule has 0 bridgehead atoms. The fourth-order valence-electron chi connectivity index (χ4n) is 2.45. The molecule has 2 nitrogen and oxygen atoms in total. The SMILES string of the molecule is CCCCC[C@H](Br)[C@@H]1Cc2ccccc2B(O)O1. The molecule has 1 aliphatic rings. The molecule has 0 radical (unpaired) electrons. The van der Waals surface area contributed by atoms with Crippen LogP contribution < -0.4 is 5.46 Å². The van der Waals surface area contributed by atoms with Gasteiger partial charge in [0.25, 0.3) is 0 Å². The Morgan fingerprint density at radius 2 is 2.22 bits per heavy atom. The second-order valence-corrected chi connectivity index (χ2v) is 6.12. The minimum absolute atomic E-state index is 0.0757. The molecule has 4 heteroatoms. The summed E-state index contributed by atoms with van der Waals surface area (Å²) in [5.74, 6) is 0. The summed E-state index contributed by atoms with van der Waals surface area (Å²) in [5.41, 5.74) is 2.13. The van der Waals surface area contributed by atoms with Crippen LogP contribution in [0.3, 0.4) is 0 Å². The maximum atomic E-state index is 10.0. The van der Waals surface area contributed by atoms with Crippen molar-refractivity contribution in [1.29, 1.82) is 0 Å². The van der Waals surface area contributed by atoms with Gasteiger partial charge in [0.1, 0.15) is 0 Å². The van der Waals surface area contributed by atoms with E-state index in [9.17, 15) is 5.02 Å². The lowest BCUT2D eigenvalue weighted by Gasteiger charge is -2.30. The molecule has 0 saturated carbocycles. The number of unbranched alkanes of at least 4 members (excludes halogenated alkanes) is 2. The van der Waals surface area contributed by atoms with E-state index in [4.69, 9.17) is 4.65 Å². The molecule has 0 amide bonds. The fourth-order valence-corrected chi connectivity index (χ4v) is 3.09. The molecule has 2 atom stereocenters. The molecule has 0 fully saturated rings. The number of rotatable bonds is 5. The first-order valence-electron chi connectivity index (χ1n) is 6.77. The van der Waals surface area contributed by atoms with Crippen molar-refractivity contribution in [3.8, 4) is 0 Å². The van der Waals surface area contributed by atoms with Crippen molar-refractivity contribution in [2.45, 2.75) is 50.0 Å². The monoisotopic (exact) mass is 310 g/mol. The first-order chi connectivity index (χ1) is 8.72. The summed E-state index contributed by atoms with van der Waals surface area (Å²) in [6.07, 6.45) is 5.77. The van der Waals surface area contributed by atoms with Crippen LogP contribution in [0, 0.1) is 0 Å². The second-order valence-electron chi connectivity index (χ2n) is 4.94. The second kappa shape index (κ2) is 6.74. The lowest BCUT2D eigenvalue weighted by atomic mass is 9.72. The van der Waals surface area contributed by atoms with Crippen LogP contribution in [0.25, 0.3) is 0 Å². The summed E-state index contributed by atoms with van der Waals surface area (Å²) < 4.78 is 5.71. The predicted molar refractivity (Wildman–Crippen MR) is 79.5 cm³/mol. The Kier molecular flexibility index (Phi) is 5.28. The molecule has 18 heavy (non-hydrogen) atoms. The Balaban J connectivity index is 1.97. The quantitative estimate of drug-likeness (QED) is 0.515. The number of fused-ring (bicyclic) bond motifs is 1. The average Bonchev–Trinajstić information content (AvgIpc) is 2.39. The first-order valence-corrected chi connectivity index (χ1v) is 7.69. The zero-order valence-electron chi connectivity index (χ0n) is 10.8. The number of hydrogen-bond acceptors (Lipinski definition) is 2. The number of alkyl halides is 1. The van der Waals surface area contributed by atoms with Crippen molar-refractivity contribution in [1.82, 2.24) is 0 Å². The van der Waals surface area contributed by atoms with E-state index in [-0.39, 0.29) is 6.10 Å². The molecule has 1 N–H and O–H groups in total. The maximum absolute atomic E-state index is 10.0. The van der Waals surface area contributed by atoms with E-state index in [2.05, 4.69) is 28.9 Å². The van der Waals surface area contributed by atoms with Gasteiger partial charge in [0, 0.05) is 4.83 Å². The number of benzene rings is 1. The van der Waals surface area contributed by atoms with Gasteiger partial charge in [-0.1, -0.05) is 66.4 Å². The van der Waals surface area contributed by atoms with Gasteiger partial charge in [0.05, 0.1) is 6.10 Å². The van der Waals surface area contributed by atoms with E-state index in [0.717, 1.165) is 18.3 Å². The average molecular weight is 311 g/mol. The van der Waals surface area contributed by atoms with Crippen LogP contribution in [-0.4, -0.2) is 23.1 Å². The standard InChI is InChI=1S/C14H20BBrO2/c1-2-3-4-9-13(16)14-10-11-7-5-6-8-12(11)15(17)18-14/h5-8,13-14,17H,2-4,9-10H2,1H3/t13-,14-/m0/s1. The van der Waals surface area contributed by atoms with Gasteiger partial charge in [-0.05, 0) is 23.9 Å². The van der Waals surface area contributed by atoms with E-state index in [1.165, 1.54) is 24.8 Å². The molecule has 1 aliphatic heterocycles. The summed E-state index contributed by atoms with van der Waals surface area (Å²) in [4.78, 5) is 0.326. The van der Waals surface area contributed by atoms with Gasteiger partial charge in [0.2, 0.25) is 0 Å². The van der Waals surface area contributed by atoms with Crippen LogP contribution in [-0.2, 0) is 11.1 Å². The normalized spacial score (nSPS) is 20.6. The van der Waals surface area contributed by atoms with Crippen molar-refractivity contribution in [2.24, 2.45) is 0 Å². The van der Waals surface area contributed by atoms with Gasteiger partial charge < -0.3 is 9.68 Å². The van der Waals surface area contributed by atoms with E-state index in [1.54, 1.807) is 0 Å². The van der Waals surface area contributed by atoms with E-state index >= 15 is 0 Å². The largest absolute Gasteiger partial charge is 0.491 e. The number of hydrogen-bond donors (Lipinski definition) is 1. The van der Waals surface area contributed by atoms with Gasteiger partial charge in [0.15, 0.2) is 0 Å². The van der Waals surface area contributed by atoms with E-state index in [0.29, 0.717) is 4.83 Å². The Morgan fingerprint density at radius 1 is 1.44 bits per heavy atom. The molecule has 0 aliphatic carbocycles. The Morgan fingerprint density at radius 3 is 3.00 bits per heavy atom. The molecule has 1 aromatic rings. The third kappa shape index (κ3) is 3.37. The third-order valence-electron chi connectivity index (χ3n) is 3.53. The highest BCUT2D eigenvalue weighted by molar-refractivity contribution is 9.09. The Bertz CT molecular complexity index is 386. The minimum atomic E-state index is -0.772. The molecule has 0 aromatic heterocycles. The summed E-state index contributed by atoms with van der Waals surface area (Å²) in [6, 6.07) is 7.99. The fraction of sp³-hybridized carbons (Fsp3) is 0.571. The summed E-state index contributed by atoms with van der Waals surface area (Å²) in [7, 11) is -0.772. The predicted octanol–water partition coefficient (Wildman–Crippen LogP) is 2.66. The minimum Gasteiger partial charge on any atom is -0.423 e. The van der Waals surface area contributed by atoms with Crippen LogP contribution in [0.5, 0.6) is 0 Å². The van der Waals surface area contributed by atoms with Crippen molar-refractivity contribution in [2.75, 3.05) is 0 Å². The molecule has 1 aromatic carbocycles. The van der Waals surface area contributed by atoms with Gasteiger partial charge in [-0.2, -0.15) is 0 Å². The molecule has 2 rings (SSSR count). The van der Waals surface area contributed by atoms with Gasteiger partial charge in [-0.25, -0.2) is 0 Å². The third-order valence-corrected chi connectivity index (χ3v) is 4.58. The zero-order chi connectivity index (χ0) is 13.0. The Hall–Kier alpha value is -0.315. The molecule has 1 heterocycles. The molecule has 0 saturated heterocycles. The summed E-state index contributed by atoms with van der Waals surface area (Å²) in [5, 5.41) is 10.0. The highest BCUT2D eigenvalue weighted by Gasteiger charge is 2.33. The molecular weight excluding hydrogens is 291 g/mol. The van der Waals surface area contributed by atoms with Crippen molar-refractivity contribution in [3.05, 3.63) is 29.8 Å². The first kappa shape index (κ1) is 14.1. The van der Waals surface area contributed by atoms with Crippen LogP contribution in [0.1, 0.15) is 38.2 Å². The van der Waals surface area contributed by atoms with Crippen molar-refractivity contribution < 1.29 is 9.68 Å². The van der Waals surface area contributed by atoms with E-state index in [1.807, 2.05) is 18.2 Å². The van der Waals surface area contributed by atoms with Crippen LogP contribution >= 0.6 is 15.9 Å². The highest BCUT2D eigenvalue weighted by atomic mass is 79.9. The van der Waals surface area contributed by atoms with Crippen LogP contribution in [0.15, 0.2) is 24.3 Å². The van der Waals surface area contributed by atoms with Gasteiger partial charge in [-0.3, -0.25) is 0 Å². The van der Waals surface area contributed by atoms with Gasteiger partial charge >= 0.3 is 7.12 Å². The maximum Gasteiger partial charge on any atom is 0.491 e. The van der Waals surface area contributed by atoms with Crippen LogP contribution in [0.2, 0.25) is 0 Å². The molecular formula is C14H20BBrO2. The van der Waals surface area contributed by atoms with E-state index < -0.39 is 7.12 Å². The Labute approximate surface area is 118 Å². The van der Waals surface area contributed by atoms with Crippen molar-refractivity contribution in [3.63, 3.8) is 0 Å².